The predicted molar refractivity (Wildman–Crippen MR) is 35.4 cm³/mol. The van der Waals surface area contributed by atoms with Crippen molar-refractivity contribution in [1.82, 2.24) is 4.90 Å². The summed E-state index contributed by atoms with van der Waals surface area (Å²) in [7, 11) is 0. The van der Waals surface area contributed by atoms with Crippen molar-refractivity contribution in [3.63, 3.8) is 0 Å². The molecule has 0 bridgehead atoms. The van der Waals surface area contributed by atoms with E-state index in [1.54, 1.807) is 0 Å². The Morgan fingerprint density at radius 2 is 1.80 bits per heavy atom. The molecule has 0 aromatic carbocycles. The van der Waals surface area contributed by atoms with Gasteiger partial charge in [0.1, 0.15) is 0 Å². The summed E-state index contributed by atoms with van der Waals surface area (Å²) >= 11 is 0. The molecule has 0 unspecified atom stereocenters. The van der Waals surface area contributed by atoms with Crippen molar-refractivity contribution in [1.29, 1.82) is 0 Å². The maximum absolute atomic E-state index is 10.1. The van der Waals surface area contributed by atoms with Crippen LogP contribution >= 0.6 is 0 Å². The van der Waals surface area contributed by atoms with Crippen molar-refractivity contribution in [3.8, 4) is 0 Å². The van der Waals surface area contributed by atoms with Crippen LogP contribution < -0.4 is 0 Å². The first-order valence-corrected chi connectivity index (χ1v) is 3.14. The number of hydrogen-bond acceptors (Lipinski definition) is 2. The van der Waals surface area contributed by atoms with Gasteiger partial charge in [-0.2, -0.15) is 0 Å². The molecule has 0 aromatic rings. The molecule has 0 fully saturated rings. The second-order valence-electron chi connectivity index (χ2n) is 1.86. The zero-order valence-electron chi connectivity index (χ0n) is 6.50. The number of aliphatic carboxylic acids is 1. The molecule has 0 amide bonds. The van der Waals surface area contributed by atoms with Crippen molar-refractivity contribution < 1.29 is 42.6 Å². The molecule has 0 atom stereocenters. The summed E-state index contributed by atoms with van der Waals surface area (Å²) in [5.74, 6) is -0.751. The third-order valence-corrected chi connectivity index (χ3v) is 1.25. The van der Waals surface area contributed by atoms with Gasteiger partial charge in [-0.15, -0.1) is 0 Å². The van der Waals surface area contributed by atoms with Crippen LogP contribution in [0.15, 0.2) is 0 Å². The van der Waals surface area contributed by atoms with Crippen LogP contribution in [0.3, 0.4) is 0 Å². The van der Waals surface area contributed by atoms with Crippen LogP contribution in [0.4, 0.5) is 0 Å². The number of hydrogen-bond donors (Lipinski definition) is 1. The molecule has 0 aliphatic heterocycles. The zero-order chi connectivity index (χ0) is 7.28. The minimum atomic E-state index is -0.751. The summed E-state index contributed by atoms with van der Waals surface area (Å²) in [6, 6.07) is 0. The number of carboxylic acid groups (broad SMARTS) is 1. The molecule has 0 heterocycles. The van der Waals surface area contributed by atoms with Crippen LogP contribution in [0.5, 0.6) is 0 Å². The number of carbonyl (C=O) groups is 1. The molecule has 1 radical (unpaired) electrons. The average molecular weight is 220 g/mol. The summed E-state index contributed by atoms with van der Waals surface area (Å²) < 4.78 is 0. The van der Waals surface area contributed by atoms with E-state index in [1.807, 2.05) is 18.7 Å². The van der Waals surface area contributed by atoms with Gasteiger partial charge in [0.25, 0.3) is 0 Å². The molecule has 0 aliphatic carbocycles. The fraction of sp³-hybridized carbons (Fsp3) is 0.833. The Balaban J connectivity index is 0. The molecule has 0 aromatic heterocycles. The fourth-order valence-corrected chi connectivity index (χ4v) is 0.639. The van der Waals surface area contributed by atoms with Crippen LogP contribution in [-0.2, 0) is 37.5 Å². The van der Waals surface area contributed by atoms with Gasteiger partial charge in [0.2, 0.25) is 0 Å². The first kappa shape index (κ1) is 13.1. The number of carboxylic acids is 1. The number of rotatable bonds is 4. The van der Waals surface area contributed by atoms with E-state index < -0.39 is 5.97 Å². The van der Waals surface area contributed by atoms with Gasteiger partial charge >= 0.3 is 5.97 Å². The van der Waals surface area contributed by atoms with Crippen molar-refractivity contribution >= 4 is 5.97 Å². The molecule has 10 heavy (non-hydrogen) atoms. The van der Waals surface area contributed by atoms with E-state index in [0.717, 1.165) is 13.1 Å². The van der Waals surface area contributed by atoms with Gasteiger partial charge in [-0.1, -0.05) is 13.8 Å². The monoisotopic (exact) mass is 220 g/mol. The Kier molecular flexibility index (Phi) is 10.0. The van der Waals surface area contributed by atoms with E-state index in [2.05, 4.69) is 0 Å². The quantitative estimate of drug-likeness (QED) is 0.745. The van der Waals surface area contributed by atoms with Crippen LogP contribution in [0.25, 0.3) is 0 Å². The van der Waals surface area contributed by atoms with E-state index in [0.29, 0.717) is 0 Å². The predicted octanol–water partition coefficient (Wildman–Crippen LogP) is 0.410. The Hall–Kier alpha value is 0.534. The summed E-state index contributed by atoms with van der Waals surface area (Å²) in [6.45, 7) is 5.68. The molecule has 0 spiro atoms. The van der Waals surface area contributed by atoms with Crippen LogP contribution in [0.2, 0.25) is 0 Å². The Bertz CT molecular complexity index is 93.7. The summed E-state index contributed by atoms with van der Waals surface area (Å²) in [6.07, 6.45) is 0. The number of likely N-dealkylation sites (N-methyl/N-ethyl adjacent to an activating group) is 1. The SMILES string of the molecule is CCN(CC)CC(=O)O.[Y]. The normalized spacial score (nSPS) is 9.10. The van der Waals surface area contributed by atoms with Crippen LogP contribution in [0.1, 0.15) is 13.8 Å². The van der Waals surface area contributed by atoms with Gasteiger partial charge < -0.3 is 5.11 Å². The molecule has 4 heteroatoms. The molecular formula is C6H13NO2Y. The van der Waals surface area contributed by atoms with E-state index in [1.165, 1.54) is 0 Å². The first-order chi connectivity index (χ1) is 4.20. The van der Waals surface area contributed by atoms with Gasteiger partial charge in [-0.05, 0) is 13.1 Å². The Morgan fingerprint density at radius 3 is 1.90 bits per heavy atom. The maximum atomic E-state index is 10.1. The summed E-state index contributed by atoms with van der Waals surface area (Å²) in [5, 5.41) is 8.30. The van der Waals surface area contributed by atoms with E-state index >= 15 is 0 Å². The van der Waals surface area contributed by atoms with E-state index in [-0.39, 0.29) is 39.3 Å². The molecule has 0 rings (SSSR count). The molecule has 1 N–H and O–H groups in total. The standard InChI is InChI=1S/C6H13NO2.Y/c1-3-7(4-2)5-6(8)9;/h3-5H2,1-2H3,(H,8,9);. The molecule has 3 nitrogen and oxygen atoms in total. The van der Waals surface area contributed by atoms with Crippen molar-refractivity contribution in [2.24, 2.45) is 0 Å². The van der Waals surface area contributed by atoms with Crippen molar-refractivity contribution in [2.45, 2.75) is 13.8 Å². The largest absolute Gasteiger partial charge is 0.480 e. The van der Waals surface area contributed by atoms with Gasteiger partial charge in [-0.25, -0.2) is 0 Å². The Morgan fingerprint density at radius 1 is 1.40 bits per heavy atom. The minimum absolute atomic E-state index is 0. The molecule has 0 saturated carbocycles. The van der Waals surface area contributed by atoms with E-state index in [9.17, 15) is 4.79 Å². The molecule has 0 saturated heterocycles. The smallest absolute Gasteiger partial charge is 0.317 e. The van der Waals surface area contributed by atoms with Crippen molar-refractivity contribution in [3.05, 3.63) is 0 Å². The fourth-order valence-electron chi connectivity index (χ4n) is 0.639. The van der Waals surface area contributed by atoms with Gasteiger partial charge in [-0.3, -0.25) is 9.69 Å². The average Bonchev–Trinajstić information content (AvgIpc) is 1.82. The second-order valence-corrected chi connectivity index (χ2v) is 1.86. The summed E-state index contributed by atoms with van der Waals surface area (Å²) in [4.78, 5) is 11.9. The third kappa shape index (κ3) is 6.65. The van der Waals surface area contributed by atoms with Crippen LogP contribution in [-0.4, -0.2) is 35.6 Å². The van der Waals surface area contributed by atoms with Gasteiger partial charge in [0, 0.05) is 32.7 Å². The van der Waals surface area contributed by atoms with E-state index in [4.69, 9.17) is 5.11 Å². The number of nitrogens with zero attached hydrogens (tertiary/aromatic N) is 1. The second kappa shape index (κ2) is 7.64. The molecule has 57 valence electrons. The van der Waals surface area contributed by atoms with Gasteiger partial charge in [0.05, 0.1) is 6.54 Å². The summed E-state index contributed by atoms with van der Waals surface area (Å²) in [5.41, 5.74) is 0. The first-order valence-electron chi connectivity index (χ1n) is 3.14. The zero-order valence-corrected chi connectivity index (χ0v) is 9.34. The maximum Gasteiger partial charge on any atom is 0.317 e. The topological polar surface area (TPSA) is 40.5 Å². The minimum Gasteiger partial charge on any atom is -0.480 e. The molecule has 0 aliphatic rings. The van der Waals surface area contributed by atoms with Crippen LogP contribution in [0, 0.1) is 0 Å². The molecular weight excluding hydrogens is 207 g/mol. The third-order valence-electron chi connectivity index (χ3n) is 1.25. The van der Waals surface area contributed by atoms with Crippen molar-refractivity contribution in [2.75, 3.05) is 19.6 Å². The Labute approximate surface area is 86.7 Å². The van der Waals surface area contributed by atoms with Gasteiger partial charge in [0.15, 0.2) is 0 Å².